The van der Waals surface area contributed by atoms with Crippen molar-refractivity contribution in [2.75, 3.05) is 0 Å². The summed E-state index contributed by atoms with van der Waals surface area (Å²) < 4.78 is 6.41. The molecular formula is C28H25NO. The summed E-state index contributed by atoms with van der Waals surface area (Å²) in [5.74, 6) is 0.561. The van der Waals surface area contributed by atoms with E-state index in [0.29, 0.717) is 5.92 Å². The molecule has 148 valence electrons. The van der Waals surface area contributed by atoms with Crippen LogP contribution in [-0.2, 0) is 0 Å². The Kier molecular flexibility index (Phi) is 4.84. The van der Waals surface area contributed by atoms with E-state index in [4.69, 9.17) is 9.40 Å². The molecular weight excluding hydrogens is 366 g/mol. The van der Waals surface area contributed by atoms with Crippen LogP contribution in [-0.4, -0.2) is 4.98 Å². The molecule has 0 fully saturated rings. The summed E-state index contributed by atoms with van der Waals surface area (Å²) in [6.45, 7) is 4.50. The molecule has 2 heterocycles. The van der Waals surface area contributed by atoms with E-state index in [2.05, 4.69) is 86.6 Å². The first-order valence-corrected chi connectivity index (χ1v) is 10.8. The third-order valence-electron chi connectivity index (χ3n) is 6.12. The van der Waals surface area contributed by atoms with Crippen LogP contribution in [0.2, 0.25) is 0 Å². The Morgan fingerprint density at radius 3 is 2.37 bits per heavy atom. The van der Waals surface area contributed by atoms with Crippen LogP contribution in [0.5, 0.6) is 0 Å². The van der Waals surface area contributed by atoms with Gasteiger partial charge in [0.05, 0.1) is 5.69 Å². The second-order valence-corrected chi connectivity index (χ2v) is 7.82. The van der Waals surface area contributed by atoms with Gasteiger partial charge in [-0.25, -0.2) is 0 Å². The average Bonchev–Trinajstić information content (AvgIpc) is 3.20. The van der Waals surface area contributed by atoms with Gasteiger partial charge in [-0.1, -0.05) is 68.4 Å². The minimum Gasteiger partial charge on any atom is -0.455 e. The van der Waals surface area contributed by atoms with Gasteiger partial charge >= 0.3 is 0 Å². The molecule has 5 aromatic rings. The highest BCUT2D eigenvalue weighted by molar-refractivity contribution is 6.15. The van der Waals surface area contributed by atoms with Gasteiger partial charge in [0.15, 0.2) is 0 Å². The molecule has 0 spiro atoms. The van der Waals surface area contributed by atoms with Crippen LogP contribution < -0.4 is 0 Å². The lowest BCUT2D eigenvalue weighted by Gasteiger charge is -2.13. The van der Waals surface area contributed by atoms with E-state index in [1.807, 2.05) is 12.3 Å². The number of fused-ring (bicyclic) bond motifs is 3. The lowest BCUT2D eigenvalue weighted by molar-refractivity contribution is 0.641. The van der Waals surface area contributed by atoms with Gasteiger partial charge < -0.3 is 4.42 Å². The molecule has 0 saturated carbocycles. The molecule has 0 atom stereocenters. The Balaban J connectivity index is 1.74. The zero-order valence-corrected chi connectivity index (χ0v) is 17.4. The Bertz CT molecular complexity index is 1310. The summed E-state index contributed by atoms with van der Waals surface area (Å²) in [4.78, 5) is 4.70. The molecule has 2 nitrogen and oxygen atoms in total. The molecule has 0 radical (unpaired) electrons. The van der Waals surface area contributed by atoms with E-state index in [0.717, 1.165) is 46.0 Å². The number of furan rings is 1. The lowest BCUT2D eigenvalue weighted by Crippen LogP contribution is -1.96. The molecule has 0 saturated heterocycles. The quantitative estimate of drug-likeness (QED) is 0.302. The summed E-state index contributed by atoms with van der Waals surface area (Å²) in [5.41, 5.74) is 7.59. The lowest BCUT2D eigenvalue weighted by atomic mass is 9.93. The number of hydrogen-bond acceptors (Lipinski definition) is 2. The standard InChI is InChI=1S/C28H25NO/c1-3-19(4-2)21-16-17-29-25(18-21)23-13-8-14-24-27-22(20-10-6-5-7-11-20)12-9-15-26(27)30-28(23)24/h5-19H,3-4H2,1-2H3. The number of nitrogens with zero attached hydrogens (tertiary/aromatic N) is 1. The van der Waals surface area contributed by atoms with Gasteiger partial charge in [0, 0.05) is 22.5 Å². The first kappa shape index (κ1) is 18.6. The minimum absolute atomic E-state index is 0.561. The molecule has 0 unspecified atom stereocenters. The molecule has 0 aliphatic carbocycles. The smallest absolute Gasteiger partial charge is 0.144 e. The molecule has 0 N–H and O–H groups in total. The monoisotopic (exact) mass is 391 g/mol. The fourth-order valence-electron chi connectivity index (χ4n) is 4.52. The van der Waals surface area contributed by atoms with Crippen molar-refractivity contribution < 1.29 is 4.42 Å². The predicted molar refractivity (Wildman–Crippen MR) is 126 cm³/mol. The van der Waals surface area contributed by atoms with Crippen molar-refractivity contribution in [3.05, 3.63) is 90.6 Å². The maximum atomic E-state index is 6.41. The summed E-state index contributed by atoms with van der Waals surface area (Å²) in [7, 11) is 0. The van der Waals surface area contributed by atoms with Crippen molar-refractivity contribution in [3.8, 4) is 22.4 Å². The predicted octanol–water partition coefficient (Wildman–Crippen LogP) is 8.22. The number of rotatable bonds is 5. The summed E-state index contributed by atoms with van der Waals surface area (Å²) in [6.07, 6.45) is 4.20. The minimum atomic E-state index is 0.561. The normalized spacial score (nSPS) is 11.6. The fraction of sp³-hybridized carbons (Fsp3) is 0.179. The maximum absolute atomic E-state index is 6.41. The molecule has 3 aromatic carbocycles. The molecule has 2 aromatic heterocycles. The first-order chi connectivity index (χ1) is 14.8. The van der Waals surface area contributed by atoms with Gasteiger partial charge in [-0.05, 0) is 59.7 Å². The molecule has 0 amide bonds. The van der Waals surface area contributed by atoms with Crippen LogP contribution in [0.25, 0.3) is 44.3 Å². The number of pyridine rings is 1. The zero-order chi connectivity index (χ0) is 20.5. The van der Waals surface area contributed by atoms with Gasteiger partial charge in [0.1, 0.15) is 11.2 Å². The average molecular weight is 392 g/mol. The van der Waals surface area contributed by atoms with Crippen molar-refractivity contribution >= 4 is 21.9 Å². The van der Waals surface area contributed by atoms with Crippen LogP contribution in [0.15, 0.2) is 89.5 Å². The molecule has 0 aliphatic rings. The zero-order valence-electron chi connectivity index (χ0n) is 17.4. The molecule has 5 rings (SSSR count). The Morgan fingerprint density at radius 1 is 0.800 bits per heavy atom. The maximum Gasteiger partial charge on any atom is 0.144 e. The fourth-order valence-corrected chi connectivity index (χ4v) is 4.52. The van der Waals surface area contributed by atoms with Gasteiger partial charge in [-0.15, -0.1) is 0 Å². The number of aromatic nitrogens is 1. The van der Waals surface area contributed by atoms with Crippen LogP contribution in [0.3, 0.4) is 0 Å². The summed E-state index contributed by atoms with van der Waals surface area (Å²) in [6, 6.07) is 27.6. The van der Waals surface area contributed by atoms with Crippen LogP contribution in [0.1, 0.15) is 38.2 Å². The highest BCUT2D eigenvalue weighted by Gasteiger charge is 2.17. The molecule has 30 heavy (non-hydrogen) atoms. The van der Waals surface area contributed by atoms with E-state index in [1.165, 1.54) is 16.7 Å². The highest BCUT2D eigenvalue weighted by atomic mass is 16.3. The van der Waals surface area contributed by atoms with Crippen LogP contribution in [0, 0.1) is 0 Å². The SMILES string of the molecule is CCC(CC)c1ccnc(-c2cccc3c2oc2cccc(-c4ccccc4)c23)c1. The van der Waals surface area contributed by atoms with Crippen molar-refractivity contribution in [1.82, 2.24) is 4.98 Å². The Labute approximate surface area is 177 Å². The Morgan fingerprint density at radius 2 is 1.57 bits per heavy atom. The number of hydrogen-bond donors (Lipinski definition) is 0. The van der Waals surface area contributed by atoms with Gasteiger partial charge in [-0.3, -0.25) is 4.98 Å². The van der Waals surface area contributed by atoms with E-state index in [-0.39, 0.29) is 0 Å². The third-order valence-corrected chi connectivity index (χ3v) is 6.12. The van der Waals surface area contributed by atoms with Gasteiger partial charge in [0.25, 0.3) is 0 Å². The molecule has 2 heteroatoms. The van der Waals surface area contributed by atoms with Crippen LogP contribution in [0.4, 0.5) is 0 Å². The van der Waals surface area contributed by atoms with E-state index in [1.54, 1.807) is 0 Å². The van der Waals surface area contributed by atoms with Gasteiger partial charge in [-0.2, -0.15) is 0 Å². The van der Waals surface area contributed by atoms with Gasteiger partial charge in [0.2, 0.25) is 0 Å². The van der Waals surface area contributed by atoms with Crippen LogP contribution >= 0.6 is 0 Å². The second kappa shape index (κ2) is 7.79. The Hall–Kier alpha value is -3.39. The number of benzene rings is 3. The first-order valence-electron chi connectivity index (χ1n) is 10.8. The van der Waals surface area contributed by atoms with E-state index >= 15 is 0 Å². The van der Waals surface area contributed by atoms with E-state index in [9.17, 15) is 0 Å². The van der Waals surface area contributed by atoms with Crippen molar-refractivity contribution in [1.29, 1.82) is 0 Å². The topological polar surface area (TPSA) is 26.0 Å². The largest absolute Gasteiger partial charge is 0.455 e. The summed E-state index contributed by atoms with van der Waals surface area (Å²) in [5, 5.41) is 2.30. The van der Waals surface area contributed by atoms with Crippen molar-refractivity contribution in [2.45, 2.75) is 32.6 Å². The molecule has 0 aliphatic heterocycles. The summed E-state index contributed by atoms with van der Waals surface area (Å²) >= 11 is 0. The van der Waals surface area contributed by atoms with Crippen molar-refractivity contribution in [2.24, 2.45) is 0 Å². The van der Waals surface area contributed by atoms with E-state index < -0.39 is 0 Å². The second-order valence-electron chi connectivity index (χ2n) is 7.82. The third kappa shape index (κ3) is 3.09. The number of para-hydroxylation sites is 1. The molecule has 0 bridgehead atoms. The van der Waals surface area contributed by atoms with Crippen molar-refractivity contribution in [3.63, 3.8) is 0 Å². The highest BCUT2D eigenvalue weighted by Crippen LogP contribution is 2.40.